The predicted octanol–water partition coefficient (Wildman–Crippen LogP) is 2.19. The van der Waals surface area contributed by atoms with E-state index in [-0.39, 0.29) is 11.6 Å². The van der Waals surface area contributed by atoms with Gasteiger partial charge in [-0.3, -0.25) is 4.79 Å². The SMILES string of the molecule is Cc1nn(-c2cccc(Cl)c2)nc1C(=O)OCC(=O)N[C@](C)(C#N)C1CC1. The Kier molecular flexibility index (Phi) is 5.15. The molecule has 1 N–H and O–H groups in total. The van der Waals surface area contributed by atoms with Crippen LogP contribution in [0.2, 0.25) is 5.02 Å². The van der Waals surface area contributed by atoms with Crippen molar-refractivity contribution in [3.8, 4) is 11.8 Å². The molecular weight excluding hydrogens is 370 g/mol. The highest BCUT2D eigenvalue weighted by atomic mass is 35.5. The number of esters is 1. The molecule has 9 heteroatoms. The lowest BCUT2D eigenvalue weighted by molar-refractivity contribution is -0.125. The number of nitrogens with one attached hydrogen (secondary N) is 1. The number of ether oxygens (including phenoxy) is 1. The molecule has 0 unspecified atom stereocenters. The van der Waals surface area contributed by atoms with Crippen molar-refractivity contribution in [2.24, 2.45) is 5.92 Å². The van der Waals surface area contributed by atoms with Gasteiger partial charge in [-0.2, -0.15) is 15.2 Å². The first kappa shape index (κ1) is 18.9. The number of nitriles is 1. The molecule has 1 heterocycles. The quantitative estimate of drug-likeness (QED) is 0.761. The molecule has 1 aromatic carbocycles. The predicted molar refractivity (Wildman–Crippen MR) is 96.3 cm³/mol. The second-order valence-corrected chi connectivity index (χ2v) is 7.05. The fourth-order valence-electron chi connectivity index (χ4n) is 2.69. The summed E-state index contributed by atoms with van der Waals surface area (Å²) in [6, 6.07) is 8.97. The summed E-state index contributed by atoms with van der Waals surface area (Å²) in [4.78, 5) is 25.6. The van der Waals surface area contributed by atoms with Crippen molar-refractivity contribution in [1.29, 1.82) is 5.26 Å². The van der Waals surface area contributed by atoms with Crippen molar-refractivity contribution >= 4 is 23.5 Å². The molecule has 0 aliphatic heterocycles. The van der Waals surface area contributed by atoms with E-state index < -0.39 is 24.0 Å². The van der Waals surface area contributed by atoms with Crippen LogP contribution in [-0.2, 0) is 9.53 Å². The topological polar surface area (TPSA) is 110 Å². The second-order valence-electron chi connectivity index (χ2n) is 6.62. The molecule has 140 valence electrons. The number of aromatic nitrogens is 3. The van der Waals surface area contributed by atoms with Gasteiger partial charge in [0.2, 0.25) is 0 Å². The Morgan fingerprint density at radius 2 is 2.19 bits per heavy atom. The summed E-state index contributed by atoms with van der Waals surface area (Å²) in [5.74, 6) is -1.15. The minimum atomic E-state index is -0.935. The monoisotopic (exact) mass is 387 g/mol. The summed E-state index contributed by atoms with van der Waals surface area (Å²) >= 11 is 5.95. The lowest BCUT2D eigenvalue weighted by Crippen LogP contribution is -2.48. The van der Waals surface area contributed by atoms with E-state index in [1.54, 1.807) is 38.1 Å². The van der Waals surface area contributed by atoms with Gasteiger partial charge in [0.05, 0.1) is 17.5 Å². The molecule has 1 aliphatic carbocycles. The molecule has 3 rings (SSSR count). The fourth-order valence-corrected chi connectivity index (χ4v) is 2.88. The minimum Gasteiger partial charge on any atom is -0.451 e. The Bertz CT molecular complexity index is 931. The van der Waals surface area contributed by atoms with Crippen LogP contribution in [0.5, 0.6) is 0 Å². The second kappa shape index (κ2) is 7.37. The molecule has 0 radical (unpaired) electrons. The maximum atomic E-state index is 12.3. The molecule has 1 fully saturated rings. The van der Waals surface area contributed by atoms with Crippen LogP contribution in [0.3, 0.4) is 0 Å². The number of aryl methyl sites for hydroxylation is 1. The highest BCUT2D eigenvalue weighted by Crippen LogP contribution is 2.39. The number of rotatable bonds is 6. The zero-order chi connectivity index (χ0) is 19.6. The van der Waals surface area contributed by atoms with E-state index in [9.17, 15) is 14.9 Å². The first-order chi connectivity index (χ1) is 12.8. The molecule has 8 nitrogen and oxygen atoms in total. The van der Waals surface area contributed by atoms with Gasteiger partial charge in [-0.25, -0.2) is 4.79 Å². The molecule has 1 saturated carbocycles. The van der Waals surface area contributed by atoms with Crippen LogP contribution in [0, 0.1) is 24.2 Å². The van der Waals surface area contributed by atoms with E-state index >= 15 is 0 Å². The van der Waals surface area contributed by atoms with Gasteiger partial charge in [-0.1, -0.05) is 17.7 Å². The van der Waals surface area contributed by atoms with Crippen molar-refractivity contribution in [2.45, 2.75) is 32.2 Å². The van der Waals surface area contributed by atoms with Crippen LogP contribution in [0.4, 0.5) is 0 Å². The van der Waals surface area contributed by atoms with Crippen LogP contribution >= 0.6 is 11.6 Å². The van der Waals surface area contributed by atoms with Gasteiger partial charge in [0.25, 0.3) is 5.91 Å². The van der Waals surface area contributed by atoms with Crippen molar-refractivity contribution in [3.05, 3.63) is 40.7 Å². The zero-order valence-electron chi connectivity index (χ0n) is 14.9. The van der Waals surface area contributed by atoms with Gasteiger partial charge in [-0.15, -0.1) is 5.10 Å². The first-order valence-electron chi connectivity index (χ1n) is 8.41. The van der Waals surface area contributed by atoms with E-state index in [1.165, 1.54) is 4.80 Å². The van der Waals surface area contributed by atoms with E-state index in [4.69, 9.17) is 16.3 Å². The summed E-state index contributed by atoms with van der Waals surface area (Å²) in [5, 5.41) is 20.7. The Balaban J connectivity index is 1.63. The average molecular weight is 388 g/mol. The van der Waals surface area contributed by atoms with Crippen molar-refractivity contribution in [2.75, 3.05) is 6.61 Å². The number of nitrogens with zero attached hydrogens (tertiary/aromatic N) is 4. The number of hydrogen-bond acceptors (Lipinski definition) is 6. The first-order valence-corrected chi connectivity index (χ1v) is 8.79. The van der Waals surface area contributed by atoms with Gasteiger partial charge in [-0.05, 0) is 50.8 Å². The molecule has 1 aromatic heterocycles. The van der Waals surface area contributed by atoms with Crippen LogP contribution in [0.25, 0.3) is 5.69 Å². The molecule has 0 bridgehead atoms. The third-order valence-corrected chi connectivity index (χ3v) is 4.61. The highest BCUT2D eigenvalue weighted by Gasteiger charge is 2.43. The van der Waals surface area contributed by atoms with E-state index in [1.807, 2.05) is 0 Å². The van der Waals surface area contributed by atoms with Crippen molar-refractivity contribution in [1.82, 2.24) is 20.3 Å². The lowest BCUT2D eigenvalue weighted by atomic mass is 9.98. The van der Waals surface area contributed by atoms with E-state index in [2.05, 4.69) is 21.6 Å². The largest absolute Gasteiger partial charge is 0.451 e. The van der Waals surface area contributed by atoms with Crippen molar-refractivity contribution in [3.63, 3.8) is 0 Å². The molecule has 0 spiro atoms. The molecule has 2 aromatic rings. The number of carbonyl (C=O) groups excluding carboxylic acids is 2. The summed E-state index contributed by atoms with van der Waals surface area (Å²) in [5.41, 5.74) is 0.0274. The summed E-state index contributed by atoms with van der Waals surface area (Å²) in [7, 11) is 0. The Morgan fingerprint density at radius 3 is 2.81 bits per heavy atom. The lowest BCUT2D eigenvalue weighted by Gasteiger charge is -2.22. The Labute approximate surface area is 161 Å². The third-order valence-electron chi connectivity index (χ3n) is 4.37. The highest BCUT2D eigenvalue weighted by molar-refractivity contribution is 6.30. The van der Waals surface area contributed by atoms with Crippen molar-refractivity contribution < 1.29 is 14.3 Å². The maximum Gasteiger partial charge on any atom is 0.361 e. The van der Waals surface area contributed by atoms with Gasteiger partial charge in [0.1, 0.15) is 5.54 Å². The Hall–Kier alpha value is -2.92. The van der Waals surface area contributed by atoms with Crippen LogP contribution in [-0.4, -0.2) is 39.0 Å². The van der Waals surface area contributed by atoms with Gasteiger partial charge >= 0.3 is 5.97 Å². The third kappa shape index (κ3) is 4.26. The molecular formula is C18H18ClN5O3. The average Bonchev–Trinajstić information content (AvgIpc) is 3.42. The van der Waals surface area contributed by atoms with E-state index in [0.717, 1.165) is 12.8 Å². The molecule has 1 atom stereocenters. The fraction of sp³-hybridized carbons (Fsp3) is 0.389. The standard InChI is InChI=1S/C18H18ClN5O3/c1-11-16(23-24(22-11)14-5-3-4-13(19)8-14)17(26)27-9-15(25)21-18(2,10-20)12-6-7-12/h3-5,8,12H,6-7,9H2,1-2H3,(H,21,25)/t18-/m1/s1. The zero-order valence-corrected chi connectivity index (χ0v) is 15.7. The molecule has 0 saturated heterocycles. The number of carbonyl (C=O) groups is 2. The van der Waals surface area contributed by atoms with Crippen LogP contribution < -0.4 is 5.32 Å². The maximum absolute atomic E-state index is 12.3. The summed E-state index contributed by atoms with van der Waals surface area (Å²) in [6.45, 7) is 2.79. The van der Waals surface area contributed by atoms with Crippen LogP contribution in [0.15, 0.2) is 24.3 Å². The number of benzene rings is 1. The summed E-state index contributed by atoms with van der Waals surface area (Å²) in [6.07, 6.45) is 1.80. The molecule has 27 heavy (non-hydrogen) atoms. The molecule has 1 amide bonds. The van der Waals surface area contributed by atoms with Gasteiger partial charge in [0, 0.05) is 5.02 Å². The van der Waals surface area contributed by atoms with Gasteiger partial charge < -0.3 is 10.1 Å². The number of hydrogen-bond donors (Lipinski definition) is 1. The summed E-state index contributed by atoms with van der Waals surface area (Å²) < 4.78 is 5.03. The van der Waals surface area contributed by atoms with Gasteiger partial charge in [0.15, 0.2) is 12.3 Å². The number of amides is 1. The minimum absolute atomic E-state index is 0.00742. The van der Waals surface area contributed by atoms with E-state index in [0.29, 0.717) is 16.4 Å². The van der Waals surface area contributed by atoms with Crippen LogP contribution in [0.1, 0.15) is 35.9 Å². The normalized spacial score (nSPS) is 15.5. The smallest absolute Gasteiger partial charge is 0.361 e. The molecule has 1 aliphatic rings. The number of halogens is 1. The Morgan fingerprint density at radius 1 is 1.44 bits per heavy atom.